The molecule has 3 aromatic rings. The number of benzene rings is 2. The van der Waals surface area contributed by atoms with Crippen molar-refractivity contribution in [3.8, 4) is 17.2 Å². The van der Waals surface area contributed by atoms with Gasteiger partial charge in [-0.15, -0.1) is 0 Å². The van der Waals surface area contributed by atoms with E-state index in [0.29, 0.717) is 36.6 Å². The molecule has 5 bridgehead atoms. The van der Waals surface area contributed by atoms with Crippen LogP contribution in [-0.2, 0) is 23.8 Å². The number of anilines is 1. The summed E-state index contributed by atoms with van der Waals surface area (Å²) in [5.74, 6) is 0.281. The van der Waals surface area contributed by atoms with E-state index in [1.54, 1.807) is 63.4 Å². The smallest absolute Gasteiger partial charge is 0.327 e. The Morgan fingerprint density at radius 3 is 2.44 bits per heavy atom. The summed E-state index contributed by atoms with van der Waals surface area (Å²) in [4.78, 5) is 58.8. The number of esters is 1. The summed E-state index contributed by atoms with van der Waals surface area (Å²) < 4.78 is 24.7. The van der Waals surface area contributed by atoms with E-state index in [4.69, 9.17) is 35.5 Å². The van der Waals surface area contributed by atoms with Crippen molar-refractivity contribution >= 4 is 39.8 Å². The van der Waals surface area contributed by atoms with Crippen molar-refractivity contribution in [1.29, 1.82) is 0 Å². The van der Waals surface area contributed by atoms with Gasteiger partial charge in [0.2, 0.25) is 0 Å². The molecule has 18 heteroatoms. The van der Waals surface area contributed by atoms with Crippen molar-refractivity contribution in [2.45, 2.75) is 111 Å². The van der Waals surface area contributed by atoms with Crippen LogP contribution in [0.4, 0.5) is 5.69 Å². The number of ketones is 1. The third-order valence-electron chi connectivity index (χ3n) is 14.2. The Hall–Kier alpha value is -6.34. The highest BCUT2D eigenvalue weighted by atomic mass is 16.7. The third-order valence-corrected chi connectivity index (χ3v) is 14.2. The van der Waals surface area contributed by atoms with Crippen LogP contribution < -0.4 is 32.3 Å². The number of nitrogens with zero attached hydrogens (tertiary/aromatic N) is 5. The molecule has 1 saturated heterocycles. The van der Waals surface area contributed by atoms with Gasteiger partial charge < -0.3 is 55.2 Å². The molecule has 5 aliphatic rings. The Kier molecular flexibility index (Phi) is 15.6. The van der Waals surface area contributed by atoms with Crippen molar-refractivity contribution in [2.75, 3.05) is 38.6 Å². The molecule has 3 unspecified atom stereocenters. The Morgan fingerprint density at radius 1 is 1.06 bits per heavy atom. The number of carbonyl (C=O) groups excluding carboxylic acids is 3. The number of aliphatic hydroxyl groups is 1. The monoisotopic (exact) mass is 979 g/mol. The normalized spacial score (nSPS) is 28.8. The number of aromatic hydroxyl groups is 2. The number of nitrogens with two attached hydrogens (primary N) is 2. The van der Waals surface area contributed by atoms with Crippen molar-refractivity contribution in [1.82, 2.24) is 14.9 Å². The number of Topliss-reactive ketones (excluding diaryl/α,β-unsaturated/α-hetero) is 1. The number of likely N-dealkylation sites (tertiary alicyclic amines) is 1. The zero-order valence-corrected chi connectivity index (χ0v) is 42.4. The number of ether oxygens (including phenoxy) is 4. The first-order chi connectivity index (χ1) is 33.6. The highest BCUT2D eigenvalue weighted by Gasteiger charge is 2.51. The fourth-order valence-corrected chi connectivity index (χ4v) is 10.3. The zero-order valence-electron chi connectivity index (χ0n) is 42.4. The van der Waals surface area contributed by atoms with Crippen LogP contribution in [0.15, 0.2) is 76.7 Å². The lowest BCUT2D eigenvalue weighted by Crippen LogP contribution is -2.47. The molecule has 1 amide bonds. The highest BCUT2D eigenvalue weighted by Crippen LogP contribution is 2.51. The molecular formula is C53H70N8O10. The number of fused-ring (bicyclic) bond motifs is 13. The van der Waals surface area contributed by atoms with E-state index in [0.717, 1.165) is 24.6 Å². The number of pyridine rings is 1. The average molecular weight is 979 g/mol. The van der Waals surface area contributed by atoms with Crippen molar-refractivity contribution < 1.29 is 48.7 Å². The molecule has 6 heterocycles. The molecule has 2 aromatic carbocycles. The fourth-order valence-electron chi connectivity index (χ4n) is 10.3. The number of carbonyl (C=O) groups is 3. The molecule has 0 radical (unpaired) electrons. The maximum atomic E-state index is 14.9. The van der Waals surface area contributed by atoms with Crippen LogP contribution in [0, 0.1) is 36.5 Å². The number of aromatic nitrogens is 1. The topological polar surface area (TPSA) is 257 Å². The van der Waals surface area contributed by atoms with Crippen LogP contribution in [0.5, 0.6) is 17.2 Å². The van der Waals surface area contributed by atoms with E-state index in [9.17, 15) is 29.7 Å². The van der Waals surface area contributed by atoms with E-state index in [-0.39, 0.29) is 73.8 Å². The summed E-state index contributed by atoms with van der Waals surface area (Å²) in [5, 5.41) is 40.9. The largest absolute Gasteiger partial charge is 0.507 e. The average Bonchev–Trinajstić information content (AvgIpc) is 3.83. The van der Waals surface area contributed by atoms with Crippen molar-refractivity contribution in [2.24, 2.45) is 51.2 Å². The second kappa shape index (κ2) is 21.2. The molecule has 0 saturated carbocycles. The van der Waals surface area contributed by atoms with E-state index in [2.05, 4.69) is 34.0 Å². The van der Waals surface area contributed by atoms with Gasteiger partial charge in [0.15, 0.2) is 5.75 Å². The fraction of sp³-hybridized carbons (Fsp3) is 0.509. The molecule has 5 aliphatic heterocycles. The lowest BCUT2D eigenvalue weighted by molar-refractivity contribution is -0.162. The minimum atomic E-state index is -1.98. The minimum Gasteiger partial charge on any atom is -0.507 e. The van der Waals surface area contributed by atoms with Gasteiger partial charge in [-0.25, -0.2) is 10.8 Å². The van der Waals surface area contributed by atoms with Crippen LogP contribution >= 0.6 is 0 Å². The molecule has 8 atom stereocenters. The summed E-state index contributed by atoms with van der Waals surface area (Å²) in [6, 6.07) is 5.23. The molecule has 382 valence electrons. The van der Waals surface area contributed by atoms with Crippen molar-refractivity contribution in [3.05, 3.63) is 94.3 Å². The molecule has 8 N–H and O–H groups in total. The number of phenolic OH excluding ortho intramolecular Hbond substituents is 2. The van der Waals surface area contributed by atoms with Gasteiger partial charge in [-0.1, -0.05) is 65.8 Å². The molecule has 1 spiro atoms. The first-order valence-electron chi connectivity index (χ1n) is 24.4. The van der Waals surface area contributed by atoms with Gasteiger partial charge in [0.1, 0.15) is 40.5 Å². The Morgan fingerprint density at radius 2 is 1.77 bits per heavy atom. The molecule has 1 aromatic heterocycles. The van der Waals surface area contributed by atoms with Gasteiger partial charge in [-0.2, -0.15) is 0 Å². The number of hydrogen-bond acceptors (Lipinski definition) is 17. The lowest BCUT2D eigenvalue weighted by Gasteiger charge is -2.38. The standard InChI is InChI=1S/C53H70N8O10/c1-28(2)25-60-21-18-53(19-22-60)58-42-39-40-46(64)34(8)49-41(39)50(66)52(9,71-49)69-23-17-37(68-10)32(6)48(70-38(62)27-61(55)26-35(54)36-16-11-12-20-56-36)33(7)45(63)31(5)24-29(3)14-13-15-30(4)51(67)57-44(47(40)65)43(42)59-53/h11-17,20,23,26,28-29,31-33,37,45,48,58,63-65H,18-19,21-22,24-25,27,54-55H2,1-10H3/b14-13+,23-17+,30-15-,35-26-,57-44?/t29?,31-,32-,33-,37+,45-,48?,52?/m1/s1. The second-order valence-electron chi connectivity index (χ2n) is 20.3. The first-order valence-corrected chi connectivity index (χ1v) is 24.4. The second-order valence-corrected chi connectivity index (χ2v) is 20.3. The summed E-state index contributed by atoms with van der Waals surface area (Å²) in [5.41, 5.74) is 6.85. The number of amides is 1. The number of hydrazine groups is 1. The molecule has 8 rings (SSSR count). The molecular weight excluding hydrogens is 909 g/mol. The van der Waals surface area contributed by atoms with Crippen molar-refractivity contribution in [3.63, 3.8) is 0 Å². The first kappa shape index (κ1) is 52.5. The van der Waals surface area contributed by atoms with Gasteiger partial charge in [0.05, 0.1) is 46.5 Å². The van der Waals surface area contributed by atoms with E-state index >= 15 is 0 Å². The van der Waals surface area contributed by atoms with Crippen LogP contribution in [0.3, 0.4) is 0 Å². The number of piperidine rings is 1. The zero-order chi connectivity index (χ0) is 51.7. The molecule has 0 aliphatic carbocycles. The van der Waals surface area contributed by atoms with Gasteiger partial charge >= 0.3 is 11.8 Å². The maximum Gasteiger partial charge on any atom is 0.327 e. The summed E-state index contributed by atoms with van der Waals surface area (Å²) in [6.07, 6.45) is 10.1. The molecule has 18 nitrogen and oxygen atoms in total. The molecule has 1 fully saturated rings. The quantitative estimate of drug-likeness (QED) is 0.0726. The van der Waals surface area contributed by atoms with Gasteiger partial charge in [-0.05, 0) is 56.2 Å². The number of nitrogens with one attached hydrogen (secondary N) is 1. The van der Waals surface area contributed by atoms with Crippen LogP contribution in [-0.4, -0.2) is 111 Å². The highest BCUT2D eigenvalue weighted by molar-refractivity contribution is 6.21. The Labute approximate surface area is 414 Å². The Balaban J connectivity index is 1.30. The predicted molar refractivity (Wildman–Crippen MR) is 268 cm³/mol. The van der Waals surface area contributed by atoms with Crippen LogP contribution in [0.25, 0.3) is 16.5 Å². The molecule has 71 heavy (non-hydrogen) atoms. The number of allylic oxidation sites excluding steroid dienone is 3. The van der Waals surface area contributed by atoms with E-state index in [1.165, 1.54) is 26.5 Å². The summed E-state index contributed by atoms with van der Waals surface area (Å²) in [6.45, 7) is 18.5. The predicted octanol–water partition coefficient (Wildman–Crippen LogP) is 5.29. The summed E-state index contributed by atoms with van der Waals surface area (Å²) >= 11 is 0. The third kappa shape index (κ3) is 10.8. The minimum absolute atomic E-state index is 0.0450. The van der Waals surface area contributed by atoms with Gasteiger partial charge in [0.25, 0.3) is 11.7 Å². The van der Waals surface area contributed by atoms with Crippen LogP contribution in [0.2, 0.25) is 0 Å². The number of aliphatic hydroxyl groups excluding tert-OH is 1. The SMILES string of the molecule is CO[C@H]1/C=C/OC2(C)Oc3c(C)c(O)c4c(O)c(c5c(c4c3C2=O)NC2(CCN(CC(C)C)CC2)N=5)=NC(=O)/C(C)=C\C=C\C(C)C[C@@H](C)[C@@H](O)[C@@H](C)C(OC(=O)CN(N)/C=C(\N)c2ccccn2)[C@@H]1C. The van der Waals surface area contributed by atoms with Gasteiger partial charge in [-0.3, -0.25) is 24.4 Å². The van der Waals surface area contributed by atoms with Gasteiger partial charge in [0, 0.05) is 87.3 Å². The number of phenols is 2. The van der Waals surface area contributed by atoms with E-state index < -0.39 is 65.0 Å². The lowest BCUT2D eigenvalue weighted by atomic mass is 9.79. The summed E-state index contributed by atoms with van der Waals surface area (Å²) in [7, 11) is 1.48. The number of hydrogen-bond donors (Lipinski definition) is 6. The number of methoxy groups -OCH3 is 1. The Bertz CT molecular complexity index is 2790. The van der Waals surface area contributed by atoms with Crippen LogP contribution in [0.1, 0.15) is 96.3 Å². The number of rotatable bonds is 8. The van der Waals surface area contributed by atoms with E-state index in [1.807, 2.05) is 26.8 Å². The maximum absolute atomic E-state index is 14.9.